The van der Waals surface area contributed by atoms with Crippen molar-refractivity contribution in [3.8, 4) is 0 Å². The maximum atomic E-state index is 5.51. The third kappa shape index (κ3) is 3.06. The van der Waals surface area contributed by atoms with Gasteiger partial charge in [0.05, 0.1) is 5.69 Å². The Morgan fingerprint density at radius 2 is 1.70 bits per heavy atom. The molecule has 0 radical (unpaired) electrons. The first kappa shape index (κ1) is 15.6. The van der Waals surface area contributed by atoms with Crippen molar-refractivity contribution in [1.82, 2.24) is 15.0 Å². The fraction of sp³-hybridized carbons (Fsp3) is 0.833. The smallest absolute Gasteiger partial charge is 0.138 e. The summed E-state index contributed by atoms with van der Waals surface area (Å²) >= 11 is 0. The monoisotopic (exact) mass is 319 g/mol. The largest absolute Gasteiger partial charge is 0.381 e. The van der Waals surface area contributed by atoms with E-state index in [4.69, 9.17) is 9.26 Å². The molecule has 3 aliphatic rings. The molecule has 0 N–H and O–H groups in total. The van der Waals surface area contributed by atoms with E-state index in [1.54, 1.807) is 0 Å². The first-order valence-corrected chi connectivity index (χ1v) is 9.20. The number of rotatable bonds is 4. The van der Waals surface area contributed by atoms with Crippen LogP contribution in [0.1, 0.15) is 42.7 Å². The van der Waals surface area contributed by atoms with Crippen molar-refractivity contribution in [3.05, 3.63) is 17.0 Å². The van der Waals surface area contributed by atoms with Gasteiger partial charge in [0.15, 0.2) is 0 Å². The number of nitrogens with zero attached hydrogens (tertiary/aromatic N) is 3. The first-order chi connectivity index (χ1) is 11.2. The van der Waals surface area contributed by atoms with Crippen LogP contribution >= 0.6 is 0 Å². The molecule has 3 saturated heterocycles. The number of aryl methyl sites for hydroxylation is 2. The average Bonchev–Trinajstić information content (AvgIpc) is 3.22. The van der Waals surface area contributed by atoms with E-state index in [2.05, 4.69) is 21.9 Å². The quantitative estimate of drug-likeness (QED) is 0.852. The van der Waals surface area contributed by atoms with E-state index in [9.17, 15) is 0 Å². The maximum absolute atomic E-state index is 5.51. The van der Waals surface area contributed by atoms with Gasteiger partial charge in [-0.15, -0.1) is 0 Å². The summed E-state index contributed by atoms with van der Waals surface area (Å²) in [6.45, 7) is 10.8. The zero-order chi connectivity index (χ0) is 15.8. The molecule has 2 atom stereocenters. The molecule has 3 aliphatic heterocycles. The van der Waals surface area contributed by atoms with Crippen LogP contribution in [-0.4, -0.2) is 59.9 Å². The van der Waals surface area contributed by atoms with Gasteiger partial charge in [0.2, 0.25) is 0 Å². The summed E-state index contributed by atoms with van der Waals surface area (Å²) < 4.78 is 10.8. The van der Waals surface area contributed by atoms with E-state index in [0.717, 1.165) is 49.2 Å². The van der Waals surface area contributed by atoms with Crippen LogP contribution in [0.5, 0.6) is 0 Å². The standard InChI is InChI=1S/C18H29N3O2/c1-13-16(14(2)23-19-13)12-21-8-4-17-18(21)3-7-20(17)11-15-5-9-22-10-6-15/h15,17-18H,3-12H2,1-2H3/t17-,18-/m1/s1. The van der Waals surface area contributed by atoms with E-state index in [-0.39, 0.29) is 0 Å². The molecular formula is C18H29N3O2. The van der Waals surface area contributed by atoms with Crippen molar-refractivity contribution in [1.29, 1.82) is 0 Å². The Morgan fingerprint density at radius 1 is 1.00 bits per heavy atom. The molecule has 1 aromatic rings. The van der Waals surface area contributed by atoms with Gasteiger partial charge in [0.25, 0.3) is 0 Å². The predicted octanol–water partition coefficient (Wildman–Crippen LogP) is 2.37. The normalized spacial score (nSPS) is 30.2. The molecule has 0 spiro atoms. The second kappa shape index (κ2) is 6.54. The van der Waals surface area contributed by atoms with E-state index in [1.165, 1.54) is 50.9 Å². The van der Waals surface area contributed by atoms with Gasteiger partial charge in [0.1, 0.15) is 5.76 Å². The van der Waals surface area contributed by atoms with Crippen LogP contribution in [0.25, 0.3) is 0 Å². The number of aromatic nitrogens is 1. The van der Waals surface area contributed by atoms with E-state index >= 15 is 0 Å². The Morgan fingerprint density at radius 3 is 2.39 bits per heavy atom. The minimum Gasteiger partial charge on any atom is -0.381 e. The lowest BCUT2D eigenvalue weighted by molar-refractivity contribution is 0.0504. The highest BCUT2D eigenvalue weighted by Gasteiger charge is 2.43. The molecule has 1 aromatic heterocycles. The van der Waals surface area contributed by atoms with Gasteiger partial charge in [-0.3, -0.25) is 9.80 Å². The number of hydrogen-bond donors (Lipinski definition) is 0. The number of ether oxygens (including phenoxy) is 1. The van der Waals surface area contributed by atoms with E-state index in [1.807, 2.05) is 6.92 Å². The van der Waals surface area contributed by atoms with Crippen LogP contribution in [0.3, 0.4) is 0 Å². The summed E-state index contributed by atoms with van der Waals surface area (Å²) in [4.78, 5) is 5.44. The van der Waals surface area contributed by atoms with Crippen molar-refractivity contribution in [2.75, 3.05) is 32.8 Å². The van der Waals surface area contributed by atoms with Crippen LogP contribution in [-0.2, 0) is 11.3 Å². The second-order valence-corrected chi connectivity index (χ2v) is 7.54. The van der Waals surface area contributed by atoms with Crippen LogP contribution in [0.4, 0.5) is 0 Å². The molecule has 0 aromatic carbocycles. The van der Waals surface area contributed by atoms with Crippen molar-refractivity contribution in [3.63, 3.8) is 0 Å². The molecule has 128 valence electrons. The molecule has 4 rings (SSSR count). The van der Waals surface area contributed by atoms with Crippen LogP contribution < -0.4 is 0 Å². The lowest BCUT2D eigenvalue weighted by atomic mass is 9.99. The Labute approximate surface area is 138 Å². The Bertz CT molecular complexity index is 519. The van der Waals surface area contributed by atoms with Crippen LogP contribution in [0.15, 0.2) is 4.52 Å². The number of likely N-dealkylation sites (tertiary alicyclic amines) is 2. The zero-order valence-corrected chi connectivity index (χ0v) is 14.5. The van der Waals surface area contributed by atoms with Gasteiger partial charge in [-0.1, -0.05) is 5.16 Å². The fourth-order valence-electron chi connectivity index (χ4n) is 4.78. The lowest BCUT2D eigenvalue weighted by Gasteiger charge is -2.30. The minimum absolute atomic E-state index is 0.726. The maximum Gasteiger partial charge on any atom is 0.138 e. The summed E-state index contributed by atoms with van der Waals surface area (Å²) in [6, 6.07) is 1.49. The van der Waals surface area contributed by atoms with Gasteiger partial charge < -0.3 is 9.26 Å². The molecule has 5 nitrogen and oxygen atoms in total. The Hall–Kier alpha value is -0.910. The van der Waals surface area contributed by atoms with Crippen molar-refractivity contribution >= 4 is 0 Å². The minimum atomic E-state index is 0.726. The fourth-order valence-corrected chi connectivity index (χ4v) is 4.78. The average molecular weight is 319 g/mol. The summed E-state index contributed by atoms with van der Waals surface area (Å²) in [5, 5.41) is 4.11. The second-order valence-electron chi connectivity index (χ2n) is 7.54. The molecule has 0 aliphatic carbocycles. The highest BCUT2D eigenvalue weighted by atomic mass is 16.5. The van der Waals surface area contributed by atoms with Crippen molar-refractivity contribution in [2.24, 2.45) is 5.92 Å². The topological polar surface area (TPSA) is 41.7 Å². The van der Waals surface area contributed by atoms with E-state index < -0.39 is 0 Å². The summed E-state index contributed by atoms with van der Waals surface area (Å²) in [7, 11) is 0. The highest BCUT2D eigenvalue weighted by molar-refractivity contribution is 5.21. The van der Waals surface area contributed by atoms with Crippen molar-refractivity contribution in [2.45, 2.75) is 58.2 Å². The van der Waals surface area contributed by atoms with Gasteiger partial charge in [-0.05, 0) is 45.4 Å². The third-order valence-corrected chi connectivity index (χ3v) is 6.18. The molecule has 0 amide bonds. The third-order valence-electron chi connectivity index (χ3n) is 6.18. The highest BCUT2D eigenvalue weighted by Crippen LogP contribution is 2.34. The van der Waals surface area contributed by atoms with Crippen LogP contribution in [0, 0.1) is 19.8 Å². The summed E-state index contributed by atoms with van der Waals surface area (Å²) in [6.07, 6.45) is 5.13. The molecule has 0 unspecified atom stereocenters. The van der Waals surface area contributed by atoms with Gasteiger partial charge in [-0.2, -0.15) is 0 Å². The van der Waals surface area contributed by atoms with Gasteiger partial charge >= 0.3 is 0 Å². The summed E-state index contributed by atoms with van der Waals surface area (Å²) in [5.74, 6) is 1.84. The molecule has 4 heterocycles. The molecule has 0 saturated carbocycles. The molecule has 23 heavy (non-hydrogen) atoms. The Balaban J connectivity index is 1.37. The lowest BCUT2D eigenvalue weighted by Crippen LogP contribution is -2.39. The summed E-state index contributed by atoms with van der Waals surface area (Å²) in [5.41, 5.74) is 2.36. The van der Waals surface area contributed by atoms with Crippen molar-refractivity contribution < 1.29 is 9.26 Å². The molecule has 0 bridgehead atoms. The van der Waals surface area contributed by atoms with Gasteiger partial charge in [-0.25, -0.2) is 0 Å². The Kier molecular flexibility index (Phi) is 4.43. The van der Waals surface area contributed by atoms with E-state index in [0.29, 0.717) is 0 Å². The zero-order valence-electron chi connectivity index (χ0n) is 14.5. The predicted molar refractivity (Wildman–Crippen MR) is 88.3 cm³/mol. The molecular weight excluding hydrogens is 290 g/mol. The van der Waals surface area contributed by atoms with Crippen LogP contribution in [0.2, 0.25) is 0 Å². The molecule has 3 fully saturated rings. The number of hydrogen-bond acceptors (Lipinski definition) is 5. The molecule has 5 heteroatoms. The SMILES string of the molecule is Cc1noc(C)c1CN1CC[C@@H]2[C@H]1CCN2CC1CCOCC1. The van der Waals surface area contributed by atoms with Gasteiger partial charge in [0, 0.05) is 57.0 Å². The first-order valence-electron chi connectivity index (χ1n) is 9.20. The number of fused-ring (bicyclic) bond motifs is 1.